The monoisotopic (exact) mass is 354 g/mol. The fourth-order valence-electron chi connectivity index (χ4n) is 2.31. The van der Waals surface area contributed by atoms with Gasteiger partial charge in [0.15, 0.2) is 17.2 Å². The van der Waals surface area contributed by atoms with Crippen LogP contribution >= 0.6 is 0 Å². The molecule has 3 aromatic rings. The van der Waals surface area contributed by atoms with E-state index in [0.717, 1.165) is 23.9 Å². The molecule has 8 nitrogen and oxygen atoms in total. The number of phenolic OH excluding ortho intramolecular Hbond substituents is 3. The number of carbonyl (C=O) groups excluding carboxylic acids is 1. The van der Waals surface area contributed by atoms with E-state index in [4.69, 9.17) is 4.42 Å². The molecule has 1 heterocycles. The maximum absolute atomic E-state index is 12.4. The molecule has 0 saturated heterocycles. The molecule has 0 radical (unpaired) electrons. The van der Waals surface area contributed by atoms with Crippen molar-refractivity contribution >= 4 is 23.1 Å². The summed E-state index contributed by atoms with van der Waals surface area (Å²) in [7, 11) is 0. The highest BCUT2D eigenvalue weighted by Gasteiger charge is 2.13. The summed E-state index contributed by atoms with van der Waals surface area (Å²) in [4.78, 5) is 24.4. The molecule has 26 heavy (non-hydrogen) atoms. The van der Waals surface area contributed by atoms with Crippen LogP contribution in [0.25, 0.3) is 11.0 Å². The molecule has 4 N–H and O–H groups in total. The van der Waals surface area contributed by atoms with Crippen LogP contribution in [0.3, 0.4) is 0 Å². The molecule has 0 atom stereocenters. The average Bonchev–Trinajstić information content (AvgIpc) is 2.61. The first-order valence-corrected chi connectivity index (χ1v) is 7.47. The maximum Gasteiger partial charge on any atom is 0.271 e. The number of carbonyl (C=O) groups is 1. The molecule has 8 heteroatoms. The Labute approximate surface area is 146 Å². The molecular formula is C18H14N2O6. The zero-order chi connectivity index (χ0) is 18.8. The number of benzene rings is 2. The van der Waals surface area contributed by atoms with E-state index < -0.39 is 23.2 Å². The van der Waals surface area contributed by atoms with Crippen LogP contribution in [-0.2, 0) is 0 Å². The average molecular weight is 354 g/mol. The molecule has 0 spiro atoms. The van der Waals surface area contributed by atoms with Gasteiger partial charge in [-0.25, -0.2) is 5.43 Å². The van der Waals surface area contributed by atoms with E-state index in [1.165, 1.54) is 6.26 Å². The van der Waals surface area contributed by atoms with E-state index in [2.05, 4.69) is 10.5 Å². The van der Waals surface area contributed by atoms with E-state index in [-0.39, 0.29) is 16.6 Å². The van der Waals surface area contributed by atoms with Gasteiger partial charge < -0.3 is 19.7 Å². The summed E-state index contributed by atoms with van der Waals surface area (Å²) in [6.07, 6.45) is 2.36. The summed E-state index contributed by atoms with van der Waals surface area (Å²) in [6, 6.07) is 7.14. The normalized spacial score (nSPS) is 11.1. The zero-order valence-corrected chi connectivity index (χ0v) is 13.6. The second-order valence-corrected chi connectivity index (χ2v) is 5.58. The number of hydrogen-bond acceptors (Lipinski definition) is 7. The van der Waals surface area contributed by atoms with Gasteiger partial charge in [-0.15, -0.1) is 0 Å². The van der Waals surface area contributed by atoms with Gasteiger partial charge in [-0.3, -0.25) is 9.59 Å². The van der Waals surface area contributed by atoms with Crippen molar-refractivity contribution in [3.05, 3.63) is 63.5 Å². The van der Waals surface area contributed by atoms with Gasteiger partial charge in [-0.2, -0.15) is 5.10 Å². The van der Waals surface area contributed by atoms with E-state index in [0.29, 0.717) is 11.0 Å². The summed E-state index contributed by atoms with van der Waals surface area (Å²) in [5, 5.41) is 32.2. The van der Waals surface area contributed by atoms with Gasteiger partial charge >= 0.3 is 0 Å². The van der Waals surface area contributed by atoms with Crippen molar-refractivity contribution in [1.82, 2.24) is 5.43 Å². The summed E-state index contributed by atoms with van der Waals surface area (Å²) < 4.78 is 5.37. The number of amides is 1. The van der Waals surface area contributed by atoms with Gasteiger partial charge in [0.1, 0.15) is 11.8 Å². The smallest absolute Gasteiger partial charge is 0.271 e. The lowest BCUT2D eigenvalue weighted by Crippen LogP contribution is -2.18. The van der Waals surface area contributed by atoms with Crippen LogP contribution < -0.4 is 10.9 Å². The number of aryl methyl sites for hydroxylation is 1. The highest BCUT2D eigenvalue weighted by molar-refractivity contribution is 5.96. The molecule has 0 bridgehead atoms. The minimum absolute atomic E-state index is 0.129. The summed E-state index contributed by atoms with van der Waals surface area (Å²) in [5.74, 6) is -2.78. The Morgan fingerprint density at radius 1 is 1.15 bits per heavy atom. The van der Waals surface area contributed by atoms with Crippen LogP contribution in [0.5, 0.6) is 17.2 Å². The third kappa shape index (κ3) is 3.20. The Kier molecular flexibility index (Phi) is 4.32. The highest BCUT2D eigenvalue weighted by atomic mass is 16.3. The van der Waals surface area contributed by atoms with Crippen LogP contribution in [-0.4, -0.2) is 27.4 Å². The number of nitrogens with zero attached hydrogens (tertiary/aromatic N) is 1. The van der Waals surface area contributed by atoms with Gasteiger partial charge in [0.25, 0.3) is 5.91 Å². The standard InChI is InChI=1S/C18H14N2O6/c1-9-2-3-15-12(4-9)16(23)11(8-26-15)7-19-20-18(25)10-5-13(21)17(24)14(22)6-10/h2-8,21-22,24H,1H3,(H,20,25)/b19-7+. The molecule has 1 amide bonds. The quantitative estimate of drug-likeness (QED) is 0.323. The number of hydrogen-bond donors (Lipinski definition) is 4. The molecule has 0 fully saturated rings. The van der Waals surface area contributed by atoms with E-state index in [1.54, 1.807) is 12.1 Å². The van der Waals surface area contributed by atoms with Crippen LogP contribution in [0.1, 0.15) is 21.5 Å². The Balaban J connectivity index is 1.83. The maximum atomic E-state index is 12.4. The number of phenols is 3. The number of rotatable bonds is 3. The van der Waals surface area contributed by atoms with Crippen LogP contribution in [0, 0.1) is 6.92 Å². The Bertz CT molecular complexity index is 1080. The first-order chi connectivity index (χ1) is 12.4. The fourth-order valence-corrected chi connectivity index (χ4v) is 2.31. The van der Waals surface area contributed by atoms with Crippen molar-refractivity contribution in [2.45, 2.75) is 6.92 Å². The predicted molar refractivity (Wildman–Crippen MR) is 93.7 cm³/mol. The Morgan fingerprint density at radius 3 is 2.54 bits per heavy atom. The number of fused-ring (bicyclic) bond motifs is 1. The Morgan fingerprint density at radius 2 is 1.85 bits per heavy atom. The van der Waals surface area contributed by atoms with Crippen LogP contribution in [0.15, 0.2) is 50.9 Å². The molecule has 0 unspecified atom stereocenters. The largest absolute Gasteiger partial charge is 0.504 e. The molecule has 3 rings (SSSR count). The minimum Gasteiger partial charge on any atom is -0.504 e. The van der Waals surface area contributed by atoms with Crippen molar-refractivity contribution in [3.63, 3.8) is 0 Å². The highest BCUT2D eigenvalue weighted by Crippen LogP contribution is 2.35. The van der Waals surface area contributed by atoms with Gasteiger partial charge in [0.2, 0.25) is 5.43 Å². The lowest BCUT2D eigenvalue weighted by atomic mass is 10.1. The van der Waals surface area contributed by atoms with E-state index in [1.807, 2.05) is 13.0 Å². The first kappa shape index (κ1) is 17.0. The van der Waals surface area contributed by atoms with E-state index >= 15 is 0 Å². The number of hydrazone groups is 1. The topological polar surface area (TPSA) is 132 Å². The molecule has 2 aromatic carbocycles. The van der Waals surface area contributed by atoms with Crippen molar-refractivity contribution in [2.24, 2.45) is 5.10 Å². The summed E-state index contributed by atoms with van der Waals surface area (Å²) in [5.41, 5.74) is 3.21. The molecule has 1 aromatic heterocycles. The van der Waals surface area contributed by atoms with Gasteiger partial charge in [-0.05, 0) is 31.2 Å². The van der Waals surface area contributed by atoms with Crippen molar-refractivity contribution in [2.75, 3.05) is 0 Å². The molecule has 132 valence electrons. The van der Waals surface area contributed by atoms with Gasteiger partial charge in [-0.1, -0.05) is 11.6 Å². The van der Waals surface area contributed by atoms with Crippen molar-refractivity contribution < 1.29 is 24.5 Å². The summed E-state index contributed by atoms with van der Waals surface area (Å²) >= 11 is 0. The fraction of sp³-hybridized carbons (Fsp3) is 0.0556. The van der Waals surface area contributed by atoms with Gasteiger partial charge in [0.05, 0.1) is 17.2 Å². The Hall–Kier alpha value is -3.81. The second-order valence-electron chi connectivity index (χ2n) is 5.58. The molecule has 0 aliphatic carbocycles. The lowest BCUT2D eigenvalue weighted by molar-refractivity contribution is 0.0954. The lowest BCUT2D eigenvalue weighted by Gasteiger charge is -2.04. The number of aromatic hydroxyl groups is 3. The van der Waals surface area contributed by atoms with Crippen LogP contribution in [0.2, 0.25) is 0 Å². The zero-order valence-electron chi connectivity index (χ0n) is 13.6. The van der Waals surface area contributed by atoms with Crippen molar-refractivity contribution in [3.8, 4) is 17.2 Å². The third-order valence-electron chi connectivity index (χ3n) is 3.66. The SMILES string of the molecule is Cc1ccc2occ(/C=N/NC(=O)c3cc(O)c(O)c(O)c3)c(=O)c2c1. The molecule has 0 saturated carbocycles. The van der Waals surface area contributed by atoms with Crippen LogP contribution in [0.4, 0.5) is 0 Å². The molecule has 0 aliphatic heterocycles. The second kappa shape index (κ2) is 6.60. The van der Waals surface area contributed by atoms with E-state index in [9.17, 15) is 24.9 Å². The number of nitrogens with one attached hydrogen (secondary N) is 1. The first-order valence-electron chi connectivity index (χ1n) is 7.47. The predicted octanol–water partition coefficient (Wildman–Crippen LogP) is 1.98. The molecular weight excluding hydrogens is 340 g/mol. The minimum atomic E-state index is -0.757. The van der Waals surface area contributed by atoms with Gasteiger partial charge in [0, 0.05) is 5.56 Å². The summed E-state index contributed by atoms with van der Waals surface area (Å²) in [6.45, 7) is 1.85. The third-order valence-corrected chi connectivity index (χ3v) is 3.66. The molecule has 0 aliphatic rings. The van der Waals surface area contributed by atoms with Crippen molar-refractivity contribution in [1.29, 1.82) is 0 Å².